The molecule has 0 unspecified atom stereocenters. The minimum atomic E-state index is -2.99. The molecule has 0 aliphatic heterocycles. The number of rotatable bonds is 7. The molecule has 10 heteroatoms. The molecular formula is C17H14F2N4O3S. The van der Waals surface area contributed by atoms with Crippen molar-refractivity contribution in [3.8, 4) is 17.2 Å². The van der Waals surface area contributed by atoms with Gasteiger partial charge in [0.15, 0.2) is 0 Å². The third-order valence-corrected chi connectivity index (χ3v) is 4.26. The maximum absolute atomic E-state index is 12.5. The van der Waals surface area contributed by atoms with Crippen molar-refractivity contribution >= 4 is 23.4 Å². The first-order valence-corrected chi connectivity index (χ1v) is 8.66. The van der Waals surface area contributed by atoms with Crippen LogP contribution in [-0.2, 0) is 4.79 Å². The predicted octanol–water partition coefficient (Wildman–Crippen LogP) is 3.85. The number of pyridine rings is 1. The zero-order chi connectivity index (χ0) is 19.2. The number of carbonyl (C=O) groups excluding carboxylic acids is 1. The largest absolute Gasteiger partial charge is 0.433 e. The summed E-state index contributed by atoms with van der Waals surface area (Å²) in [5.41, 5.74) is 0.809. The highest BCUT2D eigenvalue weighted by Crippen LogP contribution is 2.29. The number of halogens is 2. The number of thioether (sulfide) groups is 1. The Morgan fingerprint density at radius 2 is 2.04 bits per heavy atom. The van der Waals surface area contributed by atoms with E-state index in [0.29, 0.717) is 5.56 Å². The number of anilines is 1. The van der Waals surface area contributed by atoms with Gasteiger partial charge in [-0.1, -0.05) is 23.9 Å². The second kappa shape index (κ2) is 8.58. The zero-order valence-electron chi connectivity index (χ0n) is 14.0. The molecular weight excluding hydrogens is 378 g/mol. The number of nitrogens with one attached hydrogen (secondary N) is 1. The molecule has 0 spiro atoms. The Hall–Kier alpha value is -3.01. The Morgan fingerprint density at radius 1 is 1.22 bits per heavy atom. The summed E-state index contributed by atoms with van der Waals surface area (Å²) in [6.07, 6.45) is 3.20. The number of benzene rings is 1. The van der Waals surface area contributed by atoms with Crippen LogP contribution in [0.25, 0.3) is 11.5 Å². The molecule has 1 N–H and O–H groups in total. The van der Waals surface area contributed by atoms with Crippen LogP contribution in [0.1, 0.15) is 6.92 Å². The van der Waals surface area contributed by atoms with Gasteiger partial charge in [0.05, 0.1) is 16.5 Å². The van der Waals surface area contributed by atoms with E-state index < -0.39 is 17.8 Å². The van der Waals surface area contributed by atoms with Crippen LogP contribution in [0.2, 0.25) is 0 Å². The maximum Gasteiger partial charge on any atom is 0.387 e. The normalized spacial score (nSPS) is 12.0. The summed E-state index contributed by atoms with van der Waals surface area (Å²) < 4.78 is 34.8. The topological polar surface area (TPSA) is 90.1 Å². The number of para-hydroxylation sites is 2. The van der Waals surface area contributed by atoms with Gasteiger partial charge in [0.2, 0.25) is 11.8 Å². The smallest absolute Gasteiger partial charge is 0.387 e. The van der Waals surface area contributed by atoms with Crippen molar-refractivity contribution in [2.75, 3.05) is 5.32 Å². The van der Waals surface area contributed by atoms with Crippen LogP contribution in [0.4, 0.5) is 14.5 Å². The molecule has 27 heavy (non-hydrogen) atoms. The molecule has 140 valence electrons. The number of alkyl halides is 2. The van der Waals surface area contributed by atoms with Crippen LogP contribution in [0.15, 0.2) is 58.4 Å². The fourth-order valence-corrected chi connectivity index (χ4v) is 2.75. The van der Waals surface area contributed by atoms with E-state index in [1.54, 1.807) is 37.5 Å². The van der Waals surface area contributed by atoms with Crippen molar-refractivity contribution in [3.63, 3.8) is 0 Å². The van der Waals surface area contributed by atoms with Crippen LogP contribution in [0.5, 0.6) is 5.75 Å². The third-order valence-electron chi connectivity index (χ3n) is 3.32. The number of hydrogen-bond acceptors (Lipinski definition) is 7. The quantitative estimate of drug-likeness (QED) is 0.611. The van der Waals surface area contributed by atoms with E-state index in [0.717, 1.165) is 11.8 Å². The number of carbonyl (C=O) groups is 1. The molecule has 1 aromatic carbocycles. The van der Waals surface area contributed by atoms with Gasteiger partial charge in [-0.15, -0.1) is 10.2 Å². The molecule has 1 amide bonds. The summed E-state index contributed by atoms with van der Waals surface area (Å²) in [4.78, 5) is 16.3. The number of ether oxygens (including phenoxy) is 1. The van der Waals surface area contributed by atoms with Crippen molar-refractivity contribution < 1.29 is 22.7 Å². The molecule has 0 bridgehead atoms. The molecule has 0 aliphatic carbocycles. The first-order valence-electron chi connectivity index (χ1n) is 7.78. The van der Waals surface area contributed by atoms with Gasteiger partial charge in [-0.05, 0) is 31.2 Å². The van der Waals surface area contributed by atoms with Crippen molar-refractivity contribution in [2.24, 2.45) is 0 Å². The van der Waals surface area contributed by atoms with Crippen LogP contribution in [0, 0.1) is 0 Å². The fraction of sp³-hybridized carbons (Fsp3) is 0.176. The van der Waals surface area contributed by atoms with Crippen LogP contribution in [-0.4, -0.2) is 32.9 Å². The van der Waals surface area contributed by atoms with E-state index in [-0.39, 0.29) is 22.6 Å². The number of nitrogens with zero attached hydrogens (tertiary/aromatic N) is 3. The second-order valence-electron chi connectivity index (χ2n) is 5.24. The molecule has 0 saturated heterocycles. The summed E-state index contributed by atoms with van der Waals surface area (Å²) in [5.74, 6) is -0.255. The number of hydrogen-bond donors (Lipinski definition) is 1. The highest BCUT2D eigenvalue weighted by molar-refractivity contribution is 8.00. The van der Waals surface area contributed by atoms with Crippen molar-refractivity contribution in [3.05, 3.63) is 48.8 Å². The van der Waals surface area contributed by atoms with Crippen LogP contribution >= 0.6 is 11.8 Å². The molecule has 2 aromatic heterocycles. The van der Waals surface area contributed by atoms with E-state index in [2.05, 4.69) is 25.2 Å². The lowest BCUT2D eigenvalue weighted by Crippen LogP contribution is -2.23. The Kier molecular flexibility index (Phi) is 5.97. The molecule has 1 atom stereocenters. The average Bonchev–Trinajstić information content (AvgIpc) is 3.12. The van der Waals surface area contributed by atoms with E-state index in [9.17, 15) is 13.6 Å². The highest BCUT2D eigenvalue weighted by Gasteiger charge is 2.20. The SMILES string of the molecule is C[C@@H](Sc1nnc(-c2cccnc2)o1)C(=O)Nc1ccccc1OC(F)F. The van der Waals surface area contributed by atoms with Gasteiger partial charge in [-0.2, -0.15) is 8.78 Å². The first-order chi connectivity index (χ1) is 13.0. The molecule has 0 radical (unpaired) electrons. The summed E-state index contributed by atoms with van der Waals surface area (Å²) in [5, 5.41) is 9.95. The molecule has 0 fully saturated rings. The minimum absolute atomic E-state index is 0.116. The van der Waals surface area contributed by atoms with Gasteiger partial charge in [-0.25, -0.2) is 0 Å². The maximum atomic E-state index is 12.5. The first kappa shape index (κ1) is 18.8. The third kappa shape index (κ3) is 5.00. The van der Waals surface area contributed by atoms with Gasteiger partial charge in [0.1, 0.15) is 5.75 Å². The molecule has 0 aliphatic rings. The average molecular weight is 392 g/mol. The lowest BCUT2D eigenvalue weighted by Gasteiger charge is -2.13. The lowest BCUT2D eigenvalue weighted by atomic mass is 10.3. The Morgan fingerprint density at radius 3 is 2.78 bits per heavy atom. The predicted molar refractivity (Wildman–Crippen MR) is 94.6 cm³/mol. The van der Waals surface area contributed by atoms with Crippen molar-refractivity contribution in [1.82, 2.24) is 15.2 Å². The van der Waals surface area contributed by atoms with Gasteiger partial charge >= 0.3 is 6.61 Å². The summed E-state index contributed by atoms with van der Waals surface area (Å²) in [7, 11) is 0. The van der Waals surface area contributed by atoms with Crippen LogP contribution in [0.3, 0.4) is 0 Å². The molecule has 2 heterocycles. The molecule has 7 nitrogen and oxygen atoms in total. The minimum Gasteiger partial charge on any atom is -0.433 e. The van der Waals surface area contributed by atoms with Gasteiger partial charge in [0.25, 0.3) is 5.22 Å². The monoisotopic (exact) mass is 392 g/mol. The zero-order valence-corrected chi connectivity index (χ0v) is 14.8. The Labute approximate surface area is 157 Å². The Balaban J connectivity index is 1.64. The van der Waals surface area contributed by atoms with Crippen molar-refractivity contribution in [2.45, 2.75) is 24.0 Å². The lowest BCUT2D eigenvalue weighted by molar-refractivity contribution is -0.115. The van der Waals surface area contributed by atoms with E-state index in [1.165, 1.54) is 18.2 Å². The summed E-state index contributed by atoms with van der Waals surface area (Å²) >= 11 is 1.04. The van der Waals surface area contributed by atoms with Crippen molar-refractivity contribution in [1.29, 1.82) is 0 Å². The van der Waals surface area contributed by atoms with Crippen LogP contribution < -0.4 is 10.1 Å². The van der Waals surface area contributed by atoms with Gasteiger partial charge in [0, 0.05) is 12.4 Å². The van der Waals surface area contributed by atoms with Gasteiger partial charge < -0.3 is 14.5 Å². The highest BCUT2D eigenvalue weighted by atomic mass is 32.2. The number of aromatic nitrogens is 3. The fourth-order valence-electron chi connectivity index (χ4n) is 2.07. The molecule has 3 rings (SSSR count). The van der Waals surface area contributed by atoms with E-state index in [4.69, 9.17) is 4.42 Å². The molecule has 0 saturated carbocycles. The second-order valence-corrected chi connectivity index (χ2v) is 6.53. The summed E-state index contributed by atoms with van der Waals surface area (Å²) in [6, 6.07) is 9.46. The summed E-state index contributed by atoms with van der Waals surface area (Å²) in [6.45, 7) is -1.36. The van der Waals surface area contributed by atoms with E-state index >= 15 is 0 Å². The van der Waals surface area contributed by atoms with E-state index in [1.807, 2.05) is 0 Å². The van der Waals surface area contributed by atoms with Gasteiger partial charge in [-0.3, -0.25) is 9.78 Å². The number of amides is 1. The Bertz CT molecular complexity index is 908. The standard InChI is InChI=1S/C17H14F2N4O3S/c1-10(14(24)21-12-6-2-3-7-13(12)25-16(18)19)27-17-23-22-15(26-17)11-5-4-8-20-9-11/h2-10,16H,1H3,(H,21,24)/t10-/m1/s1. The molecule has 3 aromatic rings.